The molecule has 1 saturated carbocycles. The van der Waals surface area contributed by atoms with Gasteiger partial charge in [-0.3, -0.25) is 4.21 Å². The molecule has 2 fully saturated rings. The summed E-state index contributed by atoms with van der Waals surface area (Å²) in [6.45, 7) is 5.78. The highest BCUT2D eigenvalue weighted by Crippen LogP contribution is 2.34. The lowest BCUT2D eigenvalue weighted by molar-refractivity contribution is 0.126. The smallest absolute Gasteiger partial charge is 0.0691 e. The van der Waals surface area contributed by atoms with Gasteiger partial charge in [0, 0.05) is 22.7 Å². The summed E-state index contributed by atoms with van der Waals surface area (Å²) in [5, 5.41) is 0.539. The summed E-state index contributed by atoms with van der Waals surface area (Å²) in [4.78, 5) is 0. The molecule has 0 amide bonds. The fourth-order valence-electron chi connectivity index (χ4n) is 3.19. The first-order chi connectivity index (χ1) is 8.13. The maximum absolute atomic E-state index is 12.7. The molecule has 2 rings (SSSR count). The maximum atomic E-state index is 12.7. The molecule has 2 aliphatic rings. The van der Waals surface area contributed by atoms with E-state index in [4.69, 9.17) is 10.5 Å². The average Bonchev–Trinajstić information content (AvgIpc) is 2.74. The standard InChI is InChI=1S/C13H25NO2S/c1-9-3-4-11(8-14)13(7-9)17(15)12-5-6-16-10(12)2/h9-13H,3-8,14H2,1-2H3. The highest BCUT2D eigenvalue weighted by Gasteiger charge is 2.39. The molecular weight excluding hydrogens is 234 g/mol. The summed E-state index contributed by atoms with van der Waals surface area (Å²) >= 11 is 0. The number of nitrogens with two attached hydrogens (primary N) is 1. The SMILES string of the molecule is CC1CCC(CN)C(S(=O)C2CCOC2C)C1. The van der Waals surface area contributed by atoms with E-state index in [1.165, 1.54) is 6.42 Å². The summed E-state index contributed by atoms with van der Waals surface area (Å²) < 4.78 is 18.2. The van der Waals surface area contributed by atoms with Gasteiger partial charge in [0.2, 0.25) is 0 Å². The lowest BCUT2D eigenvalue weighted by Gasteiger charge is -2.35. The minimum atomic E-state index is -0.768. The van der Waals surface area contributed by atoms with Crippen LogP contribution in [-0.4, -0.2) is 34.0 Å². The molecule has 3 nitrogen and oxygen atoms in total. The van der Waals surface area contributed by atoms with Crippen LogP contribution in [-0.2, 0) is 15.5 Å². The molecule has 100 valence electrons. The zero-order chi connectivity index (χ0) is 12.4. The Bertz CT molecular complexity index is 285. The third kappa shape index (κ3) is 2.91. The van der Waals surface area contributed by atoms with Gasteiger partial charge in [-0.15, -0.1) is 0 Å². The first-order valence-electron chi connectivity index (χ1n) is 6.84. The Balaban J connectivity index is 2.05. The second kappa shape index (κ2) is 5.81. The van der Waals surface area contributed by atoms with Crippen molar-refractivity contribution in [3.63, 3.8) is 0 Å². The Morgan fingerprint density at radius 3 is 2.59 bits per heavy atom. The van der Waals surface area contributed by atoms with E-state index in [-0.39, 0.29) is 11.4 Å². The fourth-order valence-corrected chi connectivity index (χ4v) is 5.57. The Kier molecular flexibility index (Phi) is 4.61. The summed E-state index contributed by atoms with van der Waals surface area (Å²) in [7, 11) is -0.768. The van der Waals surface area contributed by atoms with E-state index < -0.39 is 10.8 Å². The zero-order valence-electron chi connectivity index (χ0n) is 10.9. The minimum absolute atomic E-state index is 0.159. The van der Waals surface area contributed by atoms with Crippen LogP contribution in [0, 0.1) is 11.8 Å². The van der Waals surface area contributed by atoms with Crippen molar-refractivity contribution in [2.24, 2.45) is 17.6 Å². The Hall–Kier alpha value is 0.0700. The molecule has 1 aliphatic carbocycles. The molecule has 1 heterocycles. The van der Waals surface area contributed by atoms with Gasteiger partial charge in [-0.25, -0.2) is 0 Å². The van der Waals surface area contributed by atoms with Crippen LogP contribution in [0.4, 0.5) is 0 Å². The van der Waals surface area contributed by atoms with Crippen LogP contribution in [0.2, 0.25) is 0 Å². The van der Waals surface area contributed by atoms with E-state index in [0.717, 1.165) is 25.9 Å². The van der Waals surface area contributed by atoms with Crippen molar-refractivity contribution in [3.05, 3.63) is 0 Å². The highest BCUT2D eigenvalue weighted by atomic mass is 32.2. The van der Waals surface area contributed by atoms with Crippen molar-refractivity contribution < 1.29 is 8.95 Å². The molecular formula is C13H25NO2S. The van der Waals surface area contributed by atoms with E-state index in [1.807, 2.05) is 0 Å². The van der Waals surface area contributed by atoms with E-state index in [9.17, 15) is 4.21 Å². The van der Waals surface area contributed by atoms with Crippen molar-refractivity contribution >= 4 is 10.8 Å². The minimum Gasteiger partial charge on any atom is -0.377 e. The van der Waals surface area contributed by atoms with Gasteiger partial charge in [0.05, 0.1) is 11.4 Å². The average molecular weight is 259 g/mol. The van der Waals surface area contributed by atoms with Crippen molar-refractivity contribution in [2.45, 2.75) is 56.1 Å². The van der Waals surface area contributed by atoms with Crippen LogP contribution < -0.4 is 5.73 Å². The fraction of sp³-hybridized carbons (Fsp3) is 1.00. The molecule has 6 unspecified atom stereocenters. The Morgan fingerprint density at radius 1 is 1.24 bits per heavy atom. The van der Waals surface area contributed by atoms with E-state index in [0.29, 0.717) is 23.6 Å². The monoisotopic (exact) mass is 259 g/mol. The quantitative estimate of drug-likeness (QED) is 0.839. The van der Waals surface area contributed by atoms with Gasteiger partial charge in [0.15, 0.2) is 0 Å². The molecule has 0 spiro atoms. The molecule has 2 N–H and O–H groups in total. The Labute approximate surface area is 107 Å². The van der Waals surface area contributed by atoms with Crippen LogP contribution in [0.25, 0.3) is 0 Å². The second-order valence-electron chi connectivity index (χ2n) is 5.68. The summed E-state index contributed by atoms with van der Waals surface area (Å²) in [6, 6.07) is 0. The zero-order valence-corrected chi connectivity index (χ0v) is 11.7. The molecule has 0 radical (unpaired) electrons. The van der Waals surface area contributed by atoms with E-state index in [2.05, 4.69) is 13.8 Å². The molecule has 0 bridgehead atoms. The van der Waals surface area contributed by atoms with Crippen LogP contribution in [0.1, 0.15) is 39.5 Å². The van der Waals surface area contributed by atoms with Crippen molar-refractivity contribution in [2.75, 3.05) is 13.2 Å². The number of ether oxygens (including phenoxy) is 1. The third-order valence-electron chi connectivity index (χ3n) is 4.40. The van der Waals surface area contributed by atoms with Crippen molar-refractivity contribution in [1.82, 2.24) is 0 Å². The molecule has 6 atom stereocenters. The second-order valence-corrected chi connectivity index (χ2v) is 7.55. The van der Waals surface area contributed by atoms with Gasteiger partial charge < -0.3 is 10.5 Å². The lowest BCUT2D eigenvalue weighted by Crippen LogP contribution is -2.41. The topological polar surface area (TPSA) is 52.3 Å². The number of rotatable bonds is 3. The lowest BCUT2D eigenvalue weighted by atomic mass is 9.82. The summed E-state index contributed by atoms with van der Waals surface area (Å²) in [6.07, 6.45) is 4.59. The summed E-state index contributed by atoms with van der Waals surface area (Å²) in [5.74, 6) is 1.16. The van der Waals surface area contributed by atoms with Crippen LogP contribution >= 0.6 is 0 Å². The molecule has 0 aromatic carbocycles. The van der Waals surface area contributed by atoms with Gasteiger partial charge in [0.25, 0.3) is 0 Å². The molecule has 1 aliphatic heterocycles. The van der Waals surface area contributed by atoms with Crippen LogP contribution in [0.3, 0.4) is 0 Å². The normalized spacial score (nSPS) is 44.8. The highest BCUT2D eigenvalue weighted by molar-refractivity contribution is 7.86. The molecule has 17 heavy (non-hydrogen) atoms. The van der Waals surface area contributed by atoms with Crippen molar-refractivity contribution in [1.29, 1.82) is 0 Å². The van der Waals surface area contributed by atoms with E-state index in [1.54, 1.807) is 0 Å². The third-order valence-corrected chi connectivity index (χ3v) is 6.79. The van der Waals surface area contributed by atoms with Crippen LogP contribution in [0.15, 0.2) is 0 Å². The van der Waals surface area contributed by atoms with Gasteiger partial charge in [-0.05, 0) is 44.6 Å². The molecule has 1 saturated heterocycles. The van der Waals surface area contributed by atoms with E-state index >= 15 is 0 Å². The predicted octanol–water partition coefficient (Wildman–Crippen LogP) is 1.68. The molecule has 0 aromatic heterocycles. The largest absolute Gasteiger partial charge is 0.377 e. The van der Waals surface area contributed by atoms with Crippen LogP contribution in [0.5, 0.6) is 0 Å². The first kappa shape index (κ1) is 13.5. The summed E-state index contributed by atoms with van der Waals surface area (Å²) in [5.41, 5.74) is 5.84. The molecule has 0 aromatic rings. The van der Waals surface area contributed by atoms with Crippen molar-refractivity contribution in [3.8, 4) is 0 Å². The Morgan fingerprint density at radius 2 is 2.00 bits per heavy atom. The van der Waals surface area contributed by atoms with Gasteiger partial charge in [-0.1, -0.05) is 13.3 Å². The maximum Gasteiger partial charge on any atom is 0.0691 e. The van der Waals surface area contributed by atoms with Gasteiger partial charge in [0.1, 0.15) is 0 Å². The van der Waals surface area contributed by atoms with Gasteiger partial charge in [-0.2, -0.15) is 0 Å². The number of hydrogen-bond donors (Lipinski definition) is 1. The molecule has 4 heteroatoms. The van der Waals surface area contributed by atoms with Gasteiger partial charge >= 0.3 is 0 Å². The first-order valence-corrected chi connectivity index (χ1v) is 8.12. The predicted molar refractivity (Wildman–Crippen MR) is 71.3 cm³/mol. The number of hydrogen-bond acceptors (Lipinski definition) is 3.